The fourth-order valence-electron chi connectivity index (χ4n) is 6.14. The normalized spacial score (nSPS) is 25.9. The average molecular weight is 393 g/mol. The maximum atomic E-state index is 13.8. The predicted octanol–water partition coefficient (Wildman–Crippen LogP) is 5.01. The van der Waals surface area contributed by atoms with E-state index in [0.717, 1.165) is 16.8 Å². The van der Waals surface area contributed by atoms with Crippen molar-refractivity contribution >= 4 is 17.5 Å². The molecule has 0 radical (unpaired) electrons. The molecule has 30 heavy (non-hydrogen) atoms. The molecule has 4 atom stereocenters. The summed E-state index contributed by atoms with van der Waals surface area (Å²) in [7, 11) is 0. The Labute approximate surface area is 176 Å². The maximum absolute atomic E-state index is 13.8. The van der Waals surface area contributed by atoms with Crippen LogP contribution in [0.15, 0.2) is 60.7 Å². The Hall–Kier alpha value is -3.20. The van der Waals surface area contributed by atoms with E-state index in [9.17, 15) is 9.59 Å². The van der Waals surface area contributed by atoms with E-state index in [4.69, 9.17) is 0 Å². The zero-order valence-electron chi connectivity index (χ0n) is 17.3. The third kappa shape index (κ3) is 2.10. The maximum Gasteiger partial charge on any atom is 0.238 e. The highest BCUT2D eigenvalue weighted by Crippen LogP contribution is 2.61. The fraction of sp³-hybridized carbons (Fsp3) is 0.259. The van der Waals surface area contributed by atoms with Crippen molar-refractivity contribution in [3.05, 3.63) is 99.6 Å². The first-order valence-corrected chi connectivity index (χ1v) is 10.6. The van der Waals surface area contributed by atoms with Crippen LogP contribution in [-0.2, 0) is 9.59 Å². The van der Waals surface area contributed by atoms with Crippen LogP contribution in [0, 0.1) is 32.6 Å². The third-order valence-electron chi connectivity index (χ3n) is 7.29. The Kier molecular flexibility index (Phi) is 3.48. The number of imide groups is 1. The van der Waals surface area contributed by atoms with Crippen molar-refractivity contribution in [3.8, 4) is 0 Å². The molecule has 0 N–H and O–H groups in total. The van der Waals surface area contributed by atoms with Crippen LogP contribution in [0.3, 0.4) is 0 Å². The van der Waals surface area contributed by atoms with Crippen LogP contribution in [0.5, 0.6) is 0 Å². The highest BCUT2D eigenvalue weighted by molar-refractivity contribution is 6.23. The molecular weight excluding hydrogens is 370 g/mol. The highest BCUT2D eigenvalue weighted by atomic mass is 16.2. The largest absolute Gasteiger partial charge is 0.274 e. The molecule has 3 aliphatic carbocycles. The Morgan fingerprint density at radius 3 is 1.80 bits per heavy atom. The lowest BCUT2D eigenvalue weighted by Gasteiger charge is -2.46. The van der Waals surface area contributed by atoms with Crippen molar-refractivity contribution in [1.29, 1.82) is 0 Å². The van der Waals surface area contributed by atoms with Crippen molar-refractivity contribution in [2.75, 3.05) is 4.90 Å². The van der Waals surface area contributed by atoms with Gasteiger partial charge < -0.3 is 0 Å². The van der Waals surface area contributed by atoms with Gasteiger partial charge in [-0.2, -0.15) is 0 Å². The average Bonchev–Trinajstić information content (AvgIpc) is 2.99. The molecule has 3 heteroatoms. The summed E-state index contributed by atoms with van der Waals surface area (Å²) < 4.78 is 0. The summed E-state index contributed by atoms with van der Waals surface area (Å²) in [6.07, 6.45) is 0. The van der Waals surface area contributed by atoms with Gasteiger partial charge in [0, 0.05) is 11.8 Å². The first-order valence-electron chi connectivity index (χ1n) is 10.6. The number of anilines is 1. The third-order valence-corrected chi connectivity index (χ3v) is 7.29. The highest BCUT2D eigenvalue weighted by Gasteiger charge is 2.61. The molecular formula is C27H23NO2. The van der Waals surface area contributed by atoms with Crippen LogP contribution in [0.25, 0.3) is 0 Å². The van der Waals surface area contributed by atoms with Crippen molar-refractivity contribution in [2.24, 2.45) is 11.8 Å². The quantitative estimate of drug-likeness (QED) is 0.545. The molecule has 2 amide bonds. The first-order chi connectivity index (χ1) is 14.5. The second-order valence-corrected chi connectivity index (χ2v) is 9.07. The number of hydrogen-bond acceptors (Lipinski definition) is 2. The van der Waals surface area contributed by atoms with E-state index >= 15 is 0 Å². The molecule has 7 rings (SSSR count). The van der Waals surface area contributed by atoms with Gasteiger partial charge in [0.15, 0.2) is 0 Å². The van der Waals surface area contributed by atoms with Gasteiger partial charge in [0.25, 0.3) is 0 Å². The molecule has 4 aliphatic rings. The Bertz CT molecular complexity index is 1260. The zero-order valence-corrected chi connectivity index (χ0v) is 17.3. The molecule has 0 aromatic heterocycles. The van der Waals surface area contributed by atoms with Crippen molar-refractivity contribution < 1.29 is 9.59 Å². The molecule has 1 heterocycles. The SMILES string of the molecule is Cc1ccc(N2C(=O)C3C4c5ccccc5C(c5cc(C)ccc54)C3C2=O)c(C)c1. The van der Waals surface area contributed by atoms with Crippen LogP contribution < -0.4 is 4.90 Å². The smallest absolute Gasteiger partial charge is 0.238 e. The molecule has 3 aromatic rings. The van der Waals surface area contributed by atoms with E-state index in [2.05, 4.69) is 37.3 Å². The van der Waals surface area contributed by atoms with Crippen molar-refractivity contribution in [2.45, 2.75) is 32.6 Å². The molecule has 2 bridgehead atoms. The van der Waals surface area contributed by atoms with Crippen LogP contribution in [-0.4, -0.2) is 11.8 Å². The van der Waals surface area contributed by atoms with Crippen LogP contribution in [0.2, 0.25) is 0 Å². The minimum absolute atomic E-state index is 0.0476. The monoisotopic (exact) mass is 393 g/mol. The lowest BCUT2D eigenvalue weighted by atomic mass is 9.55. The number of benzene rings is 3. The first kappa shape index (κ1) is 17.6. The Morgan fingerprint density at radius 1 is 0.633 bits per heavy atom. The van der Waals surface area contributed by atoms with Gasteiger partial charge in [-0.1, -0.05) is 65.7 Å². The van der Waals surface area contributed by atoms with Gasteiger partial charge in [0.05, 0.1) is 17.5 Å². The number of hydrogen-bond donors (Lipinski definition) is 0. The number of nitrogens with zero attached hydrogens (tertiary/aromatic N) is 1. The summed E-state index contributed by atoms with van der Waals surface area (Å²) in [5, 5.41) is 0. The van der Waals surface area contributed by atoms with Crippen LogP contribution >= 0.6 is 0 Å². The standard InChI is InChI=1S/C27H23NO2/c1-14-9-11-21(16(3)12-14)28-26(29)24-22-17-6-4-5-7-18(17)23(25(24)27(28)30)20-13-15(2)8-10-19(20)22/h4-13,22-25H,1-3H3. The van der Waals surface area contributed by atoms with E-state index in [-0.39, 0.29) is 35.5 Å². The lowest BCUT2D eigenvalue weighted by molar-refractivity contribution is -0.122. The van der Waals surface area contributed by atoms with Gasteiger partial charge in [0.1, 0.15) is 0 Å². The van der Waals surface area contributed by atoms with Crippen molar-refractivity contribution in [3.63, 3.8) is 0 Å². The fourth-order valence-corrected chi connectivity index (χ4v) is 6.14. The summed E-state index contributed by atoms with van der Waals surface area (Å²) in [6.45, 7) is 6.10. The van der Waals surface area contributed by atoms with E-state index in [0.29, 0.717) is 0 Å². The summed E-state index contributed by atoms with van der Waals surface area (Å²) in [5.74, 6) is -0.862. The molecule has 3 nitrogen and oxygen atoms in total. The van der Waals surface area contributed by atoms with E-state index in [1.54, 1.807) is 0 Å². The van der Waals surface area contributed by atoms with Crippen LogP contribution in [0.4, 0.5) is 5.69 Å². The van der Waals surface area contributed by atoms with E-state index in [1.165, 1.54) is 32.7 Å². The molecule has 4 unspecified atom stereocenters. The molecule has 1 aliphatic heterocycles. The summed E-state index contributed by atoms with van der Waals surface area (Å²) >= 11 is 0. The van der Waals surface area contributed by atoms with Crippen molar-refractivity contribution in [1.82, 2.24) is 0 Å². The Morgan fingerprint density at radius 2 is 1.17 bits per heavy atom. The minimum Gasteiger partial charge on any atom is -0.274 e. The number of rotatable bonds is 1. The molecule has 0 spiro atoms. The van der Waals surface area contributed by atoms with E-state index < -0.39 is 0 Å². The predicted molar refractivity (Wildman–Crippen MR) is 117 cm³/mol. The number of carbonyl (C=O) groups excluding carboxylic acids is 2. The second-order valence-electron chi connectivity index (χ2n) is 9.07. The second kappa shape index (κ2) is 5.91. The van der Waals surface area contributed by atoms with E-state index in [1.807, 2.05) is 44.2 Å². The molecule has 3 aromatic carbocycles. The topological polar surface area (TPSA) is 37.4 Å². The molecule has 1 fully saturated rings. The summed E-state index contributed by atoms with van der Waals surface area (Å²) in [4.78, 5) is 29.0. The lowest BCUT2D eigenvalue weighted by Crippen LogP contribution is -2.41. The summed E-state index contributed by atoms with van der Waals surface area (Å²) in [5.41, 5.74) is 8.88. The summed E-state index contributed by atoms with van der Waals surface area (Å²) in [6, 6.07) is 20.8. The Balaban J connectivity index is 1.58. The van der Waals surface area contributed by atoms with Gasteiger partial charge >= 0.3 is 0 Å². The van der Waals surface area contributed by atoms with Gasteiger partial charge in [0.2, 0.25) is 11.8 Å². The zero-order chi connectivity index (χ0) is 20.7. The molecule has 0 saturated carbocycles. The minimum atomic E-state index is -0.326. The molecule has 148 valence electrons. The van der Waals surface area contributed by atoms with Crippen LogP contribution in [0.1, 0.15) is 50.8 Å². The van der Waals surface area contributed by atoms with Gasteiger partial charge in [-0.15, -0.1) is 0 Å². The number of carbonyl (C=O) groups is 2. The van der Waals surface area contributed by atoms with Gasteiger partial charge in [-0.05, 0) is 54.7 Å². The van der Waals surface area contributed by atoms with Gasteiger partial charge in [-0.3, -0.25) is 9.59 Å². The molecule has 1 saturated heterocycles. The number of aryl methyl sites for hydroxylation is 3. The number of amides is 2. The van der Waals surface area contributed by atoms with Gasteiger partial charge in [-0.25, -0.2) is 4.90 Å².